The number of nitrogens with zero attached hydrogens (tertiary/aromatic N) is 1. The van der Waals surface area contributed by atoms with Crippen LogP contribution in [0.1, 0.15) is 47.0 Å². The number of hydrogen-bond acceptors (Lipinski definition) is 2. The molecule has 0 spiro atoms. The second kappa shape index (κ2) is 3.27. The summed E-state index contributed by atoms with van der Waals surface area (Å²) in [5, 5.41) is 4.21. The lowest BCUT2D eigenvalue weighted by molar-refractivity contribution is 0.190. The van der Waals surface area contributed by atoms with Gasteiger partial charge in [-0.15, -0.1) is 0 Å². The first-order chi connectivity index (χ1) is 7.02. The molecule has 0 aromatic carbocycles. The summed E-state index contributed by atoms with van der Waals surface area (Å²) in [4.78, 5) is 5.00. The van der Waals surface area contributed by atoms with Crippen LogP contribution in [0, 0.1) is 28.8 Å². The molecule has 0 amide bonds. The fraction of sp³-hybridized carbons (Fsp3) is 0.769. The molecule has 2 nitrogen and oxygen atoms in total. The van der Waals surface area contributed by atoms with Crippen molar-refractivity contribution >= 4 is 5.71 Å². The topological polar surface area (TPSA) is 21.6 Å². The van der Waals surface area contributed by atoms with Gasteiger partial charge in [0.15, 0.2) is 0 Å². The van der Waals surface area contributed by atoms with Crippen molar-refractivity contribution in [3.8, 4) is 12.0 Å². The lowest BCUT2D eigenvalue weighted by Gasteiger charge is -2.33. The van der Waals surface area contributed by atoms with Crippen LogP contribution >= 0.6 is 0 Å². The molecule has 2 rings (SSSR count). The Hall–Kier alpha value is -0.970. The van der Waals surface area contributed by atoms with Crippen LogP contribution in [-0.2, 0) is 4.84 Å². The second-order valence-corrected chi connectivity index (χ2v) is 5.47. The third-order valence-corrected chi connectivity index (χ3v) is 4.82. The molecular formula is C13H19NO. The van der Waals surface area contributed by atoms with E-state index in [9.17, 15) is 0 Å². The summed E-state index contributed by atoms with van der Waals surface area (Å²) in [5.74, 6) is 3.47. The highest BCUT2D eigenvalue weighted by Gasteiger charge is 2.60. The molecule has 15 heavy (non-hydrogen) atoms. The minimum Gasteiger partial charge on any atom is -0.304 e. The van der Waals surface area contributed by atoms with Gasteiger partial charge in [-0.25, -0.2) is 0 Å². The first-order valence-electron chi connectivity index (χ1n) is 5.67. The Balaban J connectivity index is 2.24. The summed E-state index contributed by atoms with van der Waals surface area (Å²) < 4.78 is 0. The lowest BCUT2D eigenvalue weighted by atomic mass is 9.70. The summed E-state index contributed by atoms with van der Waals surface area (Å²) in [7, 11) is 0. The fourth-order valence-corrected chi connectivity index (χ4v) is 3.19. The zero-order valence-electron chi connectivity index (χ0n) is 10.1. The Morgan fingerprint density at radius 2 is 2.13 bits per heavy atom. The van der Waals surface area contributed by atoms with Crippen LogP contribution in [0.3, 0.4) is 0 Å². The van der Waals surface area contributed by atoms with Crippen LogP contribution in [0.25, 0.3) is 0 Å². The third-order valence-electron chi connectivity index (χ3n) is 4.82. The Labute approximate surface area is 92.1 Å². The normalized spacial score (nSPS) is 38.9. The molecule has 0 radical (unpaired) electrons. The molecule has 0 N–H and O–H groups in total. The van der Waals surface area contributed by atoms with Crippen LogP contribution in [0.15, 0.2) is 5.16 Å². The van der Waals surface area contributed by atoms with E-state index in [1.54, 1.807) is 6.92 Å². The smallest absolute Gasteiger partial charge is 0.148 e. The van der Waals surface area contributed by atoms with Crippen molar-refractivity contribution in [3.63, 3.8) is 0 Å². The van der Waals surface area contributed by atoms with Crippen LogP contribution < -0.4 is 0 Å². The molecule has 2 aliphatic carbocycles. The number of oxime groups is 1. The van der Waals surface area contributed by atoms with E-state index >= 15 is 0 Å². The van der Waals surface area contributed by atoms with Gasteiger partial charge < -0.3 is 4.84 Å². The molecule has 2 unspecified atom stereocenters. The summed E-state index contributed by atoms with van der Waals surface area (Å²) in [6.45, 7) is 8.80. The average molecular weight is 205 g/mol. The van der Waals surface area contributed by atoms with Gasteiger partial charge in [0.1, 0.15) is 6.11 Å². The van der Waals surface area contributed by atoms with Crippen molar-refractivity contribution in [1.82, 2.24) is 0 Å². The fourth-order valence-electron chi connectivity index (χ4n) is 3.19. The monoisotopic (exact) mass is 205 g/mol. The highest BCUT2D eigenvalue weighted by molar-refractivity contribution is 5.93. The molecule has 2 saturated carbocycles. The molecule has 2 heteroatoms. The number of fused-ring (bicyclic) bond motifs is 2. The molecule has 0 aliphatic heterocycles. The van der Waals surface area contributed by atoms with Crippen molar-refractivity contribution in [2.75, 3.05) is 0 Å². The van der Waals surface area contributed by atoms with Crippen molar-refractivity contribution in [2.24, 2.45) is 21.9 Å². The summed E-state index contributed by atoms with van der Waals surface area (Å²) >= 11 is 0. The van der Waals surface area contributed by atoms with Gasteiger partial charge in [-0.3, -0.25) is 0 Å². The second-order valence-electron chi connectivity index (χ2n) is 5.47. The number of hydrogen-bond donors (Lipinski definition) is 0. The van der Waals surface area contributed by atoms with E-state index in [2.05, 4.69) is 38.0 Å². The zero-order valence-corrected chi connectivity index (χ0v) is 10.1. The Morgan fingerprint density at radius 3 is 2.60 bits per heavy atom. The highest BCUT2D eigenvalue weighted by Crippen LogP contribution is 2.63. The molecule has 2 aliphatic rings. The Bertz CT molecular complexity index is 358. The minimum atomic E-state index is 0.229. The van der Waals surface area contributed by atoms with Gasteiger partial charge in [0.25, 0.3) is 0 Å². The Morgan fingerprint density at radius 1 is 1.40 bits per heavy atom. The molecule has 0 aromatic heterocycles. The average Bonchev–Trinajstić information content (AvgIpc) is 2.51. The molecule has 2 bridgehead atoms. The van der Waals surface area contributed by atoms with E-state index in [0.717, 1.165) is 12.3 Å². The van der Waals surface area contributed by atoms with Gasteiger partial charge in [0.2, 0.25) is 0 Å². The molecule has 0 saturated heterocycles. The van der Waals surface area contributed by atoms with Gasteiger partial charge in [-0.1, -0.05) is 31.8 Å². The maximum absolute atomic E-state index is 5.00. The van der Waals surface area contributed by atoms with Crippen LogP contribution in [0.4, 0.5) is 0 Å². The van der Waals surface area contributed by atoms with Crippen molar-refractivity contribution in [1.29, 1.82) is 0 Å². The maximum Gasteiger partial charge on any atom is 0.148 e. The maximum atomic E-state index is 5.00. The van der Waals surface area contributed by atoms with Crippen molar-refractivity contribution in [3.05, 3.63) is 0 Å². The van der Waals surface area contributed by atoms with Crippen molar-refractivity contribution in [2.45, 2.75) is 47.0 Å². The van der Waals surface area contributed by atoms with E-state index in [4.69, 9.17) is 4.84 Å². The largest absolute Gasteiger partial charge is 0.304 e. The predicted octanol–water partition coefficient (Wildman–Crippen LogP) is 3.19. The zero-order chi connectivity index (χ0) is 11.1. The summed E-state index contributed by atoms with van der Waals surface area (Å²) in [5.41, 5.74) is 1.81. The lowest BCUT2D eigenvalue weighted by Crippen LogP contribution is -2.32. The summed E-state index contributed by atoms with van der Waals surface area (Å²) in [6.07, 6.45) is 6.21. The number of rotatable bonds is 1. The van der Waals surface area contributed by atoms with Crippen LogP contribution in [0.2, 0.25) is 0 Å². The van der Waals surface area contributed by atoms with Gasteiger partial charge in [-0.05, 0) is 30.6 Å². The Kier molecular flexibility index (Phi) is 2.30. The minimum absolute atomic E-state index is 0.229. The molecule has 2 fully saturated rings. The molecule has 0 heterocycles. The van der Waals surface area contributed by atoms with E-state index < -0.39 is 0 Å². The quantitative estimate of drug-likeness (QED) is 0.476. The van der Waals surface area contributed by atoms with E-state index in [1.165, 1.54) is 18.6 Å². The SMILES string of the molecule is CC#CON=C1CC2CCC1(C)C2(C)C. The molecular weight excluding hydrogens is 186 g/mol. The summed E-state index contributed by atoms with van der Waals surface area (Å²) in [6, 6.07) is 0. The first kappa shape index (κ1) is 10.5. The van der Waals surface area contributed by atoms with Gasteiger partial charge in [-0.2, -0.15) is 0 Å². The third kappa shape index (κ3) is 1.29. The van der Waals surface area contributed by atoms with Crippen LogP contribution in [-0.4, -0.2) is 5.71 Å². The molecule has 82 valence electrons. The van der Waals surface area contributed by atoms with Gasteiger partial charge in [0.05, 0.1) is 5.71 Å². The highest BCUT2D eigenvalue weighted by atomic mass is 16.6. The standard InChI is InChI=1S/C13H19NO/c1-5-8-15-14-11-9-10-6-7-13(11,4)12(10,2)3/h10H,6-7,9H2,1-4H3. The molecule has 2 atom stereocenters. The van der Waals surface area contributed by atoms with Crippen molar-refractivity contribution < 1.29 is 4.84 Å². The first-order valence-corrected chi connectivity index (χ1v) is 5.67. The molecule has 0 aromatic rings. The van der Waals surface area contributed by atoms with Crippen LogP contribution in [0.5, 0.6) is 0 Å². The van der Waals surface area contributed by atoms with Gasteiger partial charge in [0, 0.05) is 12.3 Å². The predicted molar refractivity (Wildman–Crippen MR) is 61.2 cm³/mol. The van der Waals surface area contributed by atoms with E-state index in [-0.39, 0.29) is 5.41 Å². The van der Waals surface area contributed by atoms with Gasteiger partial charge >= 0.3 is 0 Å². The van der Waals surface area contributed by atoms with E-state index in [0.29, 0.717) is 5.41 Å². The van der Waals surface area contributed by atoms with E-state index in [1.807, 2.05) is 0 Å².